The number of methoxy groups -OCH3 is 1. The normalized spacial score (nSPS) is 20.9. The van der Waals surface area contributed by atoms with Gasteiger partial charge in [0.15, 0.2) is 5.78 Å². The van der Waals surface area contributed by atoms with E-state index in [9.17, 15) is 9.59 Å². The molecule has 0 spiro atoms. The van der Waals surface area contributed by atoms with E-state index >= 15 is 0 Å². The van der Waals surface area contributed by atoms with Crippen LogP contribution in [0.5, 0.6) is 0 Å². The molecule has 0 N–H and O–H groups in total. The van der Waals surface area contributed by atoms with Crippen LogP contribution in [0.4, 0.5) is 0 Å². The zero-order chi connectivity index (χ0) is 22.2. The van der Waals surface area contributed by atoms with Crippen LogP contribution in [0.25, 0.3) is 11.1 Å². The molecule has 0 aromatic heterocycles. The molecule has 0 saturated carbocycles. The zero-order valence-corrected chi connectivity index (χ0v) is 18.8. The predicted molar refractivity (Wildman–Crippen MR) is 124 cm³/mol. The second kappa shape index (κ2) is 8.30. The molecule has 0 amide bonds. The Bertz CT molecular complexity index is 1070. The van der Waals surface area contributed by atoms with Gasteiger partial charge in [-0.05, 0) is 48.3 Å². The topological polar surface area (TPSA) is 43.4 Å². The molecule has 0 saturated heterocycles. The van der Waals surface area contributed by atoms with Crippen molar-refractivity contribution in [3.8, 4) is 11.1 Å². The summed E-state index contributed by atoms with van der Waals surface area (Å²) in [5.74, 6) is -0.529. The summed E-state index contributed by atoms with van der Waals surface area (Å²) in [6, 6.07) is 18.5. The summed E-state index contributed by atoms with van der Waals surface area (Å²) >= 11 is 0. The average molecular weight is 415 g/mol. The SMILES string of the molecule is COC(=O)C1=C(C)CCC2=C(C(=O)CC(C)(C)C2)C1c1ccc(-c2ccccc2)cc1. The van der Waals surface area contributed by atoms with Crippen molar-refractivity contribution in [3.63, 3.8) is 0 Å². The van der Waals surface area contributed by atoms with E-state index in [4.69, 9.17) is 4.74 Å². The number of esters is 1. The van der Waals surface area contributed by atoms with E-state index in [1.54, 1.807) is 0 Å². The third kappa shape index (κ3) is 4.14. The van der Waals surface area contributed by atoms with Crippen LogP contribution in [0.3, 0.4) is 0 Å². The van der Waals surface area contributed by atoms with Gasteiger partial charge in [0.05, 0.1) is 7.11 Å². The number of carbonyl (C=O) groups is 2. The molecule has 3 nitrogen and oxygen atoms in total. The average Bonchev–Trinajstić information content (AvgIpc) is 2.90. The predicted octanol–water partition coefficient (Wildman–Crippen LogP) is 6.41. The number of hydrogen-bond donors (Lipinski definition) is 0. The van der Waals surface area contributed by atoms with Crippen LogP contribution in [-0.4, -0.2) is 18.9 Å². The van der Waals surface area contributed by atoms with Gasteiger partial charge in [-0.25, -0.2) is 4.79 Å². The lowest BCUT2D eigenvalue weighted by Crippen LogP contribution is -2.29. The van der Waals surface area contributed by atoms with Crippen LogP contribution >= 0.6 is 0 Å². The van der Waals surface area contributed by atoms with Gasteiger partial charge in [0, 0.05) is 23.5 Å². The Morgan fingerprint density at radius 3 is 2.23 bits per heavy atom. The summed E-state index contributed by atoms with van der Waals surface area (Å²) in [6.07, 6.45) is 3.02. The lowest BCUT2D eigenvalue weighted by Gasteiger charge is -2.34. The van der Waals surface area contributed by atoms with Crippen molar-refractivity contribution in [2.24, 2.45) is 5.41 Å². The Morgan fingerprint density at radius 2 is 1.58 bits per heavy atom. The minimum atomic E-state index is -0.363. The molecule has 1 unspecified atom stereocenters. The van der Waals surface area contributed by atoms with Gasteiger partial charge in [0.1, 0.15) is 0 Å². The highest BCUT2D eigenvalue weighted by atomic mass is 16.5. The van der Waals surface area contributed by atoms with E-state index in [1.165, 1.54) is 12.7 Å². The van der Waals surface area contributed by atoms with Gasteiger partial charge < -0.3 is 4.74 Å². The summed E-state index contributed by atoms with van der Waals surface area (Å²) < 4.78 is 5.19. The molecule has 0 aliphatic heterocycles. The highest BCUT2D eigenvalue weighted by molar-refractivity contribution is 6.03. The summed E-state index contributed by atoms with van der Waals surface area (Å²) in [5.41, 5.74) is 6.87. The second-order valence-electron chi connectivity index (χ2n) is 9.56. The van der Waals surface area contributed by atoms with Gasteiger partial charge >= 0.3 is 5.97 Å². The molecule has 1 atom stereocenters. The molecule has 160 valence electrons. The molecule has 4 rings (SSSR count). The van der Waals surface area contributed by atoms with Crippen molar-refractivity contribution in [2.75, 3.05) is 7.11 Å². The van der Waals surface area contributed by atoms with Gasteiger partial charge in [0.2, 0.25) is 0 Å². The smallest absolute Gasteiger partial charge is 0.334 e. The summed E-state index contributed by atoms with van der Waals surface area (Å²) in [6.45, 7) is 6.32. The lowest BCUT2D eigenvalue weighted by molar-refractivity contribution is -0.136. The molecule has 2 aromatic rings. The Kier molecular flexibility index (Phi) is 5.70. The van der Waals surface area contributed by atoms with E-state index < -0.39 is 0 Å². The molecule has 0 heterocycles. The number of benzene rings is 2. The third-order valence-corrected chi connectivity index (χ3v) is 6.61. The van der Waals surface area contributed by atoms with Crippen molar-refractivity contribution in [1.82, 2.24) is 0 Å². The lowest BCUT2D eigenvalue weighted by atomic mass is 9.68. The van der Waals surface area contributed by atoms with Crippen LogP contribution in [0.15, 0.2) is 76.9 Å². The fraction of sp³-hybridized carbons (Fsp3) is 0.357. The molecule has 2 aliphatic rings. The minimum absolute atomic E-state index is 0.0404. The standard InChI is InChI=1S/C28H30O3/c1-18-10-11-22-16-28(2,3)17-23(29)25(22)26(24(18)27(30)31-4)21-14-12-20(13-15-21)19-8-6-5-7-9-19/h5-9,12-15,26H,10-11,16-17H2,1-4H3. The molecular weight excluding hydrogens is 384 g/mol. The first-order chi connectivity index (χ1) is 14.8. The molecular formula is C28H30O3. The Balaban J connectivity index is 1.86. The fourth-order valence-electron chi connectivity index (χ4n) is 5.15. The van der Waals surface area contributed by atoms with Crippen LogP contribution in [-0.2, 0) is 14.3 Å². The largest absolute Gasteiger partial charge is 0.466 e. The third-order valence-electron chi connectivity index (χ3n) is 6.61. The van der Waals surface area contributed by atoms with Crippen LogP contribution in [0.2, 0.25) is 0 Å². The first kappa shape index (κ1) is 21.3. The number of ether oxygens (including phenoxy) is 1. The quantitative estimate of drug-likeness (QED) is 0.545. The molecule has 0 bridgehead atoms. The molecule has 2 aliphatic carbocycles. The maximum absolute atomic E-state index is 13.4. The van der Waals surface area contributed by atoms with Crippen molar-refractivity contribution in [3.05, 3.63) is 82.5 Å². The van der Waals surface area contributed by atoms with E-state index in [-0.39, 0.29) is 23.1 Å². The zero-order valence-electron chi connectivity index (χ0n) is 18.8. The van der Waals surface area contributed by atoms with Crippen molar-refractivity contribution >= 4 is 11.8 Å². The van der Waals surface area contributed by atoms with E-state index in [0.717, 1.165) is 47.1 Å². The van der Waals surface area contributed by atoms with Crippen LogP contribution in [0, 0.1) is 5.41 Å². The van der Waals surface area contributed by atoms with Crippen LogP contribution < -0.4 is 0 Å². The van der Waals surface area contributed by atoms with Gasteiger partial charge in [-0.3, -0.25) is 4.79 Å². The van der Waals surface area contributed by atoms with Crippen molar-refractivity contribution < 1.29 is 14.3 Å². The molecule has 0 fully saturated rings. The van der Waals surface area contributed by atoms with Gasteiger partial charge in [0.25, 0.3) is 0 Å². The summed E-state index contributed by atoms with van der Waals surface area (Å²) in [5, 5.41) is 0. The van der Waals surface area contributed by atoms with Crippen LogP contribution in [0.1, 0.15) is 57.9 Å². The summed E-state index contributed by atoms with van der Waals surface area (Å²) in [4.78, 5) is 26.3. The Hall–Kier alpha value is -2.94. The van der Waals surface area contributed by atoms with E-state index in [0.29, 0.717) is 12.0 Å². The number of rotatable bonds is 3. The summed E-state index contributed by atoms with van der Waals surface area (Å²) in [7, 11) is 1.42. The maximum Gasteiger partial charge on any atom is 0.334 e. The van der Waals surface area contributed by atoms with Crippen molar-refractivity contribution in [1.29, 1.82) is 0 Å². The Morgan fingerprint density at radius 1 is 0.935 bits per heavy atom. The fourth-order valence-corrected chi connectivity index (χ4v) is 5.15. The number of allylic oxidation sites excluding steroid dienone is 3. The van der Waals surface area contributed by atoms with Gasteiger partial charge in [-0.15, -0.1) is 0 Å². The first-order valence-corrected chi connectivity index (χ1v) is 11.0. The number of carbonyl (C=O) groups excluding carboxylic acids is 2. The second-order valence-corrected chi connectivity index (χ2v) is 9.56. The molecule has 3 heteroatoms. The van der Waals surface area contributed by atoms with E-state index in [2.05, 4.69) is 50.2 Å². The highest BCUT2D eigenvalue weighted by Gasteiger charge is 2.41. The number of Topliss-reactive ketones (excluding diaryl/α,β-unsaturated/α-hetero) is 1. The molecule has 2 aromatic carbocycles. The molecule has 31 heavy (non-hydrogen) atoms. The first-order valence-electron chi connectivity index (χ1n) is 11.0. The van der Waals surface area contributed by atoms with Gasteiger partial charge in [-0.1, -0.05) is 79.6 Å². The number of hydrogen-bond acceptors (Lipinski definition) is 3. The Labute approximate surface area is 184 Å². The number of ketones is 1. The van der Waals surface area contributed by atoms with E-state index in [1.807, 2.05) is 25.1 Å². The highest BCUT2D eigenvalue weighted by Crippen LogP contribution is 2.48. The minimum Gasteiger partial charge on any atom is -0.466 e. The maximum atomic E-state index is 13.4. The molecule has 0 radical (unpaired) electrons. The van der Waals surface area contributed by atoms with Crippen molar-refractivity contribution in [2.45, 2.75) is 52.4 Å². The monoisotopic (exact) mass is 414 g/mol. The van der Waals surface area contributed by atoms with Gasteiger partial charge in [-0.2, -0.15) is 0 Å².